The maximum atomic E-state index is 12.4. The lowest BCUT2D eigenvalue weighted by Gasteiger charge is -2.10. The van der Waals surface area contributed by atoms with Crippen LogP contribution in [-0.4, -0.2) is 17.1 Å². The Balaban J connectivity index is 1.66. The van der Waals surface area contributed by atoms with Crippen LogP contribution in [-0.2, 0) is 6.61 Å². The first kappa shape index (κ1) is 17.8. The standard InChI is InChI=1S/C20H16BrN3O2/c21-17-5-3-4-16(12-17)14-26-19-7-2-1-6-18(19)20(25)24-23-13-15-8-10-22-11-9-15/h1-13H,14H2,(H,24,25)/b23-13-. The van der Waals surface area contributed by atoms with Crippen molar-refractivity contribution in [1.82, 2.24) is 10.4 Å². The van der Waals surface area contributed by atoms with Crippen LogP contribution in [0.5, 0.6) is 5.75 Å². The number of hydrogen-bond acceptors (Lipinski definition) is 4. The average molecular weight is 410 g/mol. The first-order valence-corrected chi connectivity index (χ1v) is 8.71. The van der Waals surface area contributed by atoms with E-state index >= 15 is 0 Å². The number of aromatic nitrogens is 1. The molecule has 0 unspecified atom stereocenters. The number of ether oxygens (including phenoxy) is 1. The number of hydrazone groups is 1. The number of carbonyl (C=O) groups excluding carboxylic acids is 1. The van der Waals surface area contributed by atoms with E-state index in [-0.39, 0.29) is 5.91 Å². The first-order valence-electron chi connectivity index (χ1n) is 7.92. The van der Waals surface area contributed by atoms with Crippen LogP contribution >= 0.6 is 15.9 Å². The van der Waals surface area contributed by atoms with Gasteiger partial charge >= 0.3 is 0 Å². The van der Waals surface area contributed by atoms with Gasteiger partial charge in [0.05, 0.1) is 11.8 Å². The van der Waals surface area contributed by atoms with E-state index in [1.807, 2.05) is 30.3 Å². The number of amides is 1. The Hall–Kier alpha value is -2.99. The molecule has 0 fully saturated rings. The van der Waals surface area contributed by atoms with Gasteiger partial charge in [-0.25, -0.2) is 5.43 Å². The highest BCUT2D eigenvalue weighted by Crippen LogP contribution is 2.20. The topological polar surface area (TPSA) is 63.6 Å². The van der Waals surface area contributed by atoms with Crippen LogP contribution < -0.4 is 10.2 Å². The van der Waals surface area contributed by atoms with Gasteiger partial charge in [-0.15, -0.1) is 0 Å². The second kappa shape index (κ2) is 8.92. The number of rotatable bonds is 6. The van der Waals surface area contributed by atoms with Gasteiger partial charge < -0.3 is 4.74 Å². The smallest absolute Gasteiger partial charge is 0.275 e. The summed E-state index contributed by atoms with van der Waals surface area (Å²) in [7, 11) is 0. The maximum absolute atomic E-state index is 12.4. The second-order valence-corrected chi connectivity index (χ2v) is 6.31. The Kier molecular flexibility index (Phi) is 6.11. The van der Waals surface area contributed by atoms with Gasteiger partial charge in [0.2, 0.25) is 0 Å². The molecule has 0 aliphatic rings. The lowest BCUT2D eigenvalue weighted by molar-refractivity contribution is 0.0950. The molecule has 2 aromatic carbocycles. The minimum Gasteiger partial charge on any atom is -0.488 e. The van der Waals surface area contributed by atoms with Crippen LogP contribution in [0.3, 0.4) is 0 Å². The highest BCUT2D eigenvalue weighted by atomic mass is 79.9. The zero-order valence-electron chi connectivity index (χ0n) is 13.8. The van der Waals surface area contributed by atoms with E-state index in [4.69, 9.17) is 4.74 Å². The van der Waals surface area contributed by atoms with Crippen molar-refractivity contribution in [2.75, 3.05) is 0 Å². The van der Waals surface area contributed by atoms with Gasteiger partial charge in [0.1, 0.15) is 12.4 Å². The number of halogens is 1. The molecule has 26 heavy (non-hydrogen) atoms. The van der Waals surface area contributed by atoms with Crippen LogP contribution in [0, 0.1) is 0 Å². The molecule has 1 heterocycles. The molecule has 0 aliphatic carbocycles. The normalized spacial score (nSPS) is 10.7. The number of pyridine rings is 1. The van der Waals surface area contributed by atoms with Crippen molar-refractivity contribution < 1.29 is 9.53 Å². The van der Waals surface area contributed by atoms with E-state index < -0.39 is 0 Å². The van der Waals surface area contributed by atoms with Gasteiger partial charge in [0, 0.05) is 16.9 Å². The van der Waals surface area contributed by atoms with E-state index in [1.165, 1.54) is 0 Å². The Morgan fingerprint density at radius 1 is 1.12 bits per heavy atom. The van der Waals surface area contributed by atoms with Crippen LogP contribution in [0.2, 0.25) is 0 Å². The molecule has 0 aliphatic heterocycles. The van der Waals surface area contributed by atoms with Crippen molar-refractivity contribution in [3.63, 3.8) is 0 Å². The lowest BCUT2D eigenvalue weighted by Crippen LogP contribution is -2.18. The summed E-state index contributed by atoms with van der Waals surface area (Å²) < 4.78 is 6.80. The largest absolute Gasteiger partial charge is 0.488 e. The minimum absolute atomic E-state index is 0.333. The van der Waals surface area contributed by atoms with Gasteiger partial charge in [-0.1, -0.05) is 40.2 Å². The highest BCUT2D eigenvalue weighted by Gasteiger charge is 2.11. The van der Waals surface area contributed by atoms with Crippen LogP contribution in [0.25, 0.3) is 0 Å². The number of nitrogens with zero attached hydrogens (tertiary/aromatic N) is 2. The number of nitrogens with one attached hydrogen (secondary N) is 1. The highest BCUT2D eigenvalue weighted by molar-refractivity contribution is 9.10. The van der Waals surface area contributed by atoms with Gasteiger partial charge in [-0.2, -0.15) is 5.10 Å². The molecule has 0 bridgehead atoms. The van der Waals surface area contributed by atoms with Crippen molar-refractivity contribution in [3.8, 4) is 5.75 Å². The molecular formula is C20H16BrN3O2. The third-order valence-corrected chi connectivity index (χ3v) is 3.99. The van der Waals surface area contributed by atoms with Gasteiger partial charge in [-0.3, -0.25) is 9.78 Å². The molecule has 0 radical (unpaired) electrons. The summed E-state index contributed by atoms with van der Waals surface area (Å²) in [6.07, 6.45) is 4.88. The third kappa shape index (κ3) is 5.00. The molecule has 0 saturated heterocycles. The summed E-state index contributed by atoms with van der Waals surface area (Å²) in [5.41, 5.74) is 4.79. The lowest BCUT2D eigenvalue weighted by atomic mass is 10.2. The Morgan fingerprint density at radius 2 is 1.92 bits per heavy atom. The predicted octanol–water partition coefficient (Wildman–Crippen LogP) is 4.19. The fraction of sp³-hybridized carbons (Fsp3) is 0.0500. The van der Waals surface area contributed by atoms with E-state index in [1.54, 1.807) is 48.9 Å². The molecule has 0 atom stereocenters. The summed E-state index contributed by atoms with van der Waals surface area (Å²) in [4.78, 5) is 16.3. The first-order chi connectivity index (χ1) is 12.7. The van der Waals surface area contributed by atoms with Gasteiger partial charge in [0.15, 0.2) is 0 Å². The Labute approximate surface area is 159 Å². The predicted molar refractivity (Wildman–Crippen MR) is 104 cm³/mol. The van der Waals surface area contributed by atoms with Crippen molar-refractivity contribution in [3.05, 3.63) is 94.2 Å². The summed E-state index contributed by atoms with van der Waals surface area (Å²) in [5, 5.41) is 3.97. The third-order valence-electron chi connectivity index (χ3n) is 3.50. The number of hydrogen-bond donors (Lipinski definition) is 1. The van der Waals surface area contributed by atoms with Crippen LogP contribution in [0.1, 0.15) is 21.5 Å². The second-order valence-electron chi connectivity index (χ2n) is 5.39. The zero-order valence-corrected chi connectivity index (χ0v) is 15.4. The Bertz CT molecular complexity index is 914. The molecule has 1 N–H and O–H groups in total. The number of carbonyl (C=O) groups is 1. The van der Waals surface area contributed by atoms with E-state index in [2.05, 4.69) is 31.4 Å². The van der Waals surface area contributed by atoms with Crippen molar-refractivity contribution in [1.29, 1.82) is 0 Å². The fourth-order valence-corrected chi connectivity index (χ4v) is 2.69. The molecule has 0 saturated carbocycles. The number of para-hydroxylation sites is 1. The van der Waals surface area contributed by atoms with Crippen molar-refractivity contribution in [2.45, 2.75) is 6.61 Å². The fourth-order valence-electron chi connectivity index (χ4n) is 2.24. The molecule has 5 nitrogen and oxygen atoms in total. The van der Waals surface area contributed by atoms with Crippen LogP contribution in [0.4, 0.5) is 0 Å². The molecule has 6 heteroatoms. The summed E-state index contributed by atoms with van der Waals surface area (Å²) in [6, 6.07) is 18.5. The minimum atomic E-state index is -0.333. The van der Waals surface area contributed by atoms with Crippen LogP contribution in [0.15, 0.2) is 82.6 Å². The monoisotopic (exact) mass is 409 g/mol. The maximum Gasteiger partial charge on any atom is 0.275 e. The average Bonchev–Trinajstić information content (AvgIpc) is 2.67. The number of benzene rings is 2. The summed E-state index contributed by atoms with van der Waals surface area (Å²) in [5.74, 6) is 0.171. The molecule has 1 amide bonds. The quantitative estimate of drug-likeness (QED) is 0.490. The van der Waals surface area contributed by atoms with Gasteiger partial charge in [-0.05, 0) is 47.5 Å². The molecular weight excluding hydrogens is 394 g/mol. The molecule has 3 aromatic rings. The van der Waals surface area contributed by atoms with E-state index in [9.17, 15) is 4.79 Å². The van der Waals surface area contributed by atoms with Gasteiger partial charge in [0.25, 0.3) is 5.91 Å². The molecule has 0 spiro atoms. The van der Waals surface area contributed by atoms with Crippen molar-refractivity contribution >= 4 is 28.1 Å². The van der Waals surface area contributed by atoms with Crippen molar-refractivity contribution in [2.24, 2.45) is 5.10 Å². The molecule has 130 valence electrons. The SMILES string of the molecule is O=C(N/N=C\c1ccncc1)c1ccccc1OCc1cccc(Br)c1. The molecule has 3 rings (SSSR count). The van der Waals surface area contributed by atoms with E-state index in [0.717, 1.165) is 15.6 Å². The van der Waals surface area contributed by atoms with E-state index in [0.29, 0.717) is 17.9 Å². The summed E-state index contributed by atoms with van der Waals surface area (Å²) in [6.45, 7) is 0.365. The summed E-state index contributed by atoms with van der Waals surface area (Å²) >= 11 is 3.43. The zero-order chi connectivity index (χ0) is 18.2. The Morgan fingerprint density at radius 3 is 2.73 bits per heavy atom. The molecule has 1 aromatic heterocycles.